The molecule has 1 atom stereocenters. The highest BCUT2D eigenvalue weighted by Crippen LogP contribution is 2.20. The van der Waals surface area contributed by atoms with Gasteiger partial charge in [-0.2, -0.15) is 0 Å². The number of nitrogens with one attached hydrogen (secondary N) is 1. The molecular formula is C15H23NO2. The summed E-state index contributed by atoms with van der Waals surface area (Å²) in [7, 11) is 1.64. The Morgan fingerprint density at radius 1 is 1.33 bits per heavy atom. The lowest BCUT2D eigenvalue weighted by Gasteiger charge is -2.24. The SMILES string of the molecule is COc1cccc(C(O)CNC2CCCCC2)c1. The van der Waals surface area contributed by atoms with Crippen LogP contribution in [0.25, 0.3) is 0 Å². The van der Waals surface area contributed by atoms with Crippen LogP contribution >= 0.6 is 0 Å². The van der Waals surface area contributed by atoms with Crippen LogP contribution < -0.4 is 10.1 Å². The summed E-state index contributed by atoms with van der Waals surface area (Å²) in [5.74, 6) is 0.796. The predicted molar refractivity (Wildman–Crippen MR) is 72.8 cm³/mol. The Balaban J connectivity index is 1.84. The van der Waals surface area contributed by atoms with Crippen molar-refractivity contribution in [1.29, 1.82) is 0 Å². The number of ether oxygens (including phenoxy) is 1. The van der Waals surface area contributed by atoms with Gasteiger partial charge >= 0.3 is 0 Å². The van der Waals surface area contributed by atoms with Crippen LogP contribution in [0.3, 0.4) is 0 Å². The molecule has 2 rings (SSSR count). The highest BCUT2D eigenvalue weighted by Gasteiger charge is 2.15. The Labute approximate surface area is 109 Å². The first-order valence-corrected chi connectivity index (χ1v) is 6.85. The van der Waals surface area contributed by atoms with Crippen molar-refractivity contribution in [1.82, 2.24) is 5.32 Å². The lowest BCUT2D eigenvalue weighted by molar-refractivity contribution is 0.165. The van der Waals surface area contributed by atoms with Crippen LogP contribution in [0.1, 0.15) is 43.8 Å². The van der Waals surface area contributed by atoms with Gasteiger partial charge in [-0.15, -0.1) is 0 Å². The molecule has 1 aliphatic rings. The molecule has 0 aliphatic heterocycles. The van der Waals surface area contributed by atoms with Crippen molar-refractivity contribution in [2.45, 2.75) is 44.2 Å². The summed E-state index contributed by atoms with van der Waals surface area (Å²) in [5.41, 5.74) is 0.914. The summed E-state index contributed by atoms with van der Waals surface area (Å²) >= 11 is 0. The maximum Gasteiger partial charge on any atom is 0.119 e. The fourth-order valence-electron chi connectivity index (χ4n) is 2.55. The molecule has 3 nitrogen and oxygen atoms in total. The maximum absolute atomic E-state index is 10.2. The van der Waals surface area contributed by atoms with Gasteiger partial charge in [-0.3, -0.25) is 0 Å². The quantitative estimate of drug-likeness (QED) is 0.843. The molecule has 0 spiro atoms. The highest BCUT2D eigenvalue weighted by molar-refractivity contribution is 5.29. The second-order valence-electron chi connectivity index (χ2n) is 5.04. The van der Waals surface area contributed by atoms with Crippen molar-refractivity contribution in [3.8, 4) is 5.75 Å². The van der Waals surface area contributed by atoms with E-state index >= 15 is 0 Å². The molecule has 1 aromatic carbocycles. The van der Waals surface area contributed by atoms with Crippen LogP contribution in [0, 0.1) is 0 Å². The van der Waals surface area contributed by atoms with E-state index in [1.807, 2.05) is 24.3 Å². The number of aliphatic hydroxyl groups excluding tert-OH is 1. The molecule has 3 heteroatoms. The van der Waals surface area contributed by atoms with Gasteiger partial charge < -0.3 is 15.2 Å². The fourth-order valence-corrected chi connectivity index (χ4v) is 2.55. The zero-order valence-corrected chi connectivity index (χ0v) is 11.1. The summed E-state index contributed by atoms with van der Waals surface area (Å²) in [5, 5.41) is 13.6. The lowest BCUT2D eigenvalue weighted by Crippen LogP contribution is -2.34. The van der Waals surface area contributed by atoms with E-state index in [1.165, 1.54) is 32.1 Å². The molecular weight excluding hydrogens is 226 g/mol. The van der Waals surface area contributed by atoms with Crippen LogP contribution in [0.15, 0.2) is 24.3 Å². The topological polar surface area (TPSA) is 41.5 Å². The van der Waals surface area contributed by atoms with Gasteiger partial charge in [-0.1, -0.05) is 31.4 Å². The minimum Gasteiger partial charge on any atom is -0.497 e. The van der Waals surface area contributed by atoms with E-state index in [1.54, 1.807) is 7.11 Å². The molecule has 0 amide bonds. The van der Waals surface area contributed by atoms with Crippen LogP contribution in [0.4, 0.5) is 0 Å². The van der Waals surface area contributed by atoms with Crippen molar-refractivity contribution in [2.24, 2.45) is 0 Å². The Bertz CT molecular complexity index is 361. The minimum absolute atomic E-state index is 0.456. The van der Waals surface area contributed by atoms with Gasteiger partial charge in [0, 0.05) is 12.6 Å². The van der Waals surface area contributed by atoms with Crippen molar-refractivity contribution >= 4 is 0 Å². The van der Waals surface area contributed by atoms with E-state index in [9.17, 15) is 5.11 Å². The van der Waals surface area contributed by atoms with Crippen molar-refractivity contribution < 1.29 is 9.84 Å². The fraction of sp³-hybridized carbons (Fsp3) is 0.600. The van der Waals surface area contributed by atoms with E-state index < -0.39 is 6.10 Å². The molecule has 0 saturated heterocycles. The molecule has 1 fully saturated rings. The van der Waals surface area contributed by atoms with Crippen molar-refractivity contribution in [3.63, 3.8) is 0 Å². The third kappa shape index (κ3) is 3.72. The van der Waals surface area contributed by atoms with E-state index in [0.29, 0.717) is 12.6 Å². The van der Waals surface area contributed by atoms with Gasteiger partial charge in [-0.05, 0) is 30.5 Å². The van der Waals surface area contributed by atoms with Gasteiger partial charge in [0.2, 0.25) is 0 Å². The lowest BCUT2D eigenvalue weighted by atomic mass is 9.95. The van der Waals surface area contributed by atoms with E-state index in [2.05, 4.69) is 5.32 Å². The van der Waals surface area contributed by atoms with E-state index in [4.69, 9.17) is 4.74 Å². The number of benzene rings is 1. The Kier molecular flexibility index (Phi) is 5.02. The minimum atomic E-state index is -0.456. The third-order valence-electron chi connectivity index (χ3n) is 3.68. The van der Waals surface area contributed by atoms with Gasteiger partial charge in [0.15, 0.2) is 0 Å². The Morgan fingerprint density at radius 3 is 2.83 bits per heavy atom. The summed E-state index contributed by atoms with van der Waals surface area (Å²) in [4.78, 5) is 0. The zero-order valence-electron chi connectivity index (χ0n) is 11.1. The summed E-state index contributed by atoms with van der Waals surface area (Å²) in [6.45, 7) is 0.623. The molecule has 1 aliphatic carbocycles. The summed E-state index contributed by atoms with van der Waals surface area (Å²) in [6.07, 6.45) is 6.01. The molecule has 100 valence electrons. The number of hydrogen-bond acceptors (Lipinski definition) is 3. The standard InChI is InChI=1S/C15H23NO2/c1-18-14-9-5-6-12(10-14)15(17)11-16-13-7-3-2-4-8-13/h5-6,9-10,13,15-17H,2-4,7-8,11H2,1H3. The second-order valence-corrected chi connectivity index (χ2v) is 5.04. The highest BCUT2D eigenvalue weighted by atomic mass is 16.5. The molecule has 1 unspecified atom stereocenters. The average Bonchev–Trinajstić information content (AvgIpc) is 2.46. The van der Waals surface area contributed by atoms with Crippen molar-refractivity contribution in [3.05, 3.63) is 29.8 Å². The molecule has 18 heavy (non-hydrogen) atoms. The molecule has 0 radical (unpaired) electrons. The van der Waals surface area contributed by atoms with Gasteiger partial charge in [0.05, 0.1) is 13.2 Å². The predicted octanol–water partition coefficient (Wildman–Crippen LogP) is 2.65. The van der Waals surface area contributed by atoms with Crippen molar-refractivity contribution in [2.75, 3.05) is 13.7 Å². The monoisotopic (exact) mass is 249 g/mol. The van der Waals surface area contributed by atoms with Crippen LogP contribution in [0.2, 0.25) is 0 Å². The number of hydrogen-bond donors (Lipinski definition) is 2. The van der Waals surface area contributed by atoms with E-state index in [-0.39, 0.29) is 0 Å². The summed E-state index contributed by atoms with van der Waals surface area (Å²) < 4.78 is 5.17. The Hall–Kier alpha value is -1.06. The van der Waals surface area contributed by atoms with Crippen LogP contribution in [-0.4, -0.2) is 24.8 Å². The van der Waals surface area contributed by atoms with Crippen LogP contribution in [0.5, 0.6) is 5.75 Å². The average molecular weight is 249 g/mol. The maximum atomic E-state index is 10.2. The molecule has 1 aromatic rings. The molecule has 1 saturated carbocycles. The largest absolute Gasteiger partial charge is 0.497 e. The van der Waals surface area contributed by atoms with Gasteiger partial charge in [0.25, 0.3) is 0 Å². The zero-order chi connectivity index (χ0) is 12.8. The number of aliphatic hydroxyl groups is 1. The molecule has 0 bridgehead atoms. The molecule has 0 heterocycles. The Morgan fingerprint density at radius 2 is 2.11 bits per heavy atom. The molecule has 0 aromatic heterocycles. The van der Waals surface area contributed by atoms with Gasteiger partial charge in [0.1, 0.15) is 5.75 Å². The van der Waals surface area contributed by atoms with Crippen LogP contribution in [-0.2, 0) is 0 Å². The first-order chi connectivity index (χ1) is 8.79. The summed E-state index contributed by atoms with van der Waals surface area (Å²) in [6, 6.07) is 8.23. The van der Waals surface area contributed by atoms with E-state index in [0.717, 1.165) is 11.3 Å². The van der Waals surface area contributed by atoms with Gasteiger partial charge in [-0.25, -0.2) is 0 Å². The first kappa shape index (κ1) is 13.4. The first-order valence-electron chi connectivity index (χ1n) is 6.85. The normalized spacial score (nSPS) is 18.6. The second kappa shape index (κ2) is 6.76. The number of rotatable bonds is 5. The number of methoxy groups -OCH3 is 1. The molecule has 2 N–H and O–H groups in total. The third-order valence-corrected chi connectivity index (χ3v) is 3.68. The smallest absolute Gasteiger partial charge is 0.119 e.